The van der Waals surface area contributed by atoms with E-state index in [4.69, 9.17) is 11.6 Å². The summed E-state index contributed by atoms with van der Waals surface area (Å²) >= 11 is 5.46. The number of aliphatic hydroxyl groups is 1. The highest BCUT2D eigenvalue weighted by atomic mass is 35.5. The molecule has 0 bridgehead atoms. The standard InChI is InChI=1S/C10H13ClO3S/c1-15(13,14)10-4-2-8(3-5-10)6-9(12)7-11/h2-5,9,12H,6-7H2,1H3. The molecular formula is C10H13ClO3S. The normalized spacial score (nSPS) is 13.8. The first-order chi connectivity index (χ1) is 6.93. The van der Waals surface area contributed by atoms with Gasteiger partial charge in [0.2, 0.25) is 0 Å². The first kappa shape index (κ1) is 12.5. The Hall–Kier alpha value is -0.580. The Kier molecular flexibility index (Phi) is 4.13. The zero-order chi connectivity index (χ0) is 11.5. The fourth-order valence-electron chi connectivity index (χ4n) is 1.20. The summed E-state index contributed by atoms with van der Waals surface area (Å²) in [4.78, 5) is 0.284. The van der Waals surface area contributed by atoms with Gasteiger partial charge in [-0.1, -0.05) is 12.1 Å². The molecule has 1 rings (SSSR count). The molecule has 0 amide bonds. The monoisotopic (exact) mass is 248 g/mol. The minimum atomic E-state index is -3.14. The molecule has 1 unspecified atom stereocenters. The molecule has 3 nitrogen and oxygen atoms in total. The summed E-state index contributed by atoms with van der Waals surface area (Å²) < 4.78 is 22.3. The highest BCUT2D eigenvalue weighted by molar-refractivity contribution is 7.90. The average molecular weight is 249 g/mol. The molecule has 0 radical (unpaired) electrons. The lowest BCUT2D eigenvalue weighted by atomic mass is 10.1. The van der Waals surface area contributed by atoms with Gasteiger partial charge in [0.05, 0.1) is 11.0 Å². The molecule has 0 heterocycles. The molecule has 0 saturated carbocycles. The number of alkyl halides is 1. The second kappa shape index (κ2) is 4.96. The van der Waals surface area contributed by atoms with Crippen LogP contribution in [0.5, 0.6) is 0 Å². The van der Waals surface area contributed by atoms with Crippen LogP contribution in [0.1, 0.15) is 5.56 Å². The van der Waals surface area contributed by atoms with Crippen LogP contribution in [0.3, 0.4) is 0 Å². The Morgan fingerprint density at radius 3 is 2.27 bits per heavy atom. The summed E-state index contributed by atoms with van der Waals surface area (Å²) in [5.74, 6) is 0.174. The van der Waals surface area contributed by atoms with Gasteiger partial charge in [-0.05, 0) is 24.1 Å². The Morgan fingerprint density at radius 2 is 1.87 bits per heavy atom. The molecule has 1 aromatic rings. The average Bonchev–Trinajstić information content (AvgIpc) is 2.17. The van der Waals surface area contributed by atoms with Crippen molar-refractivity contribution in [2.75, 3.05) is 12.1 Å². The van der Waals surface area contributed by atoms with Crippen molar-refractivity contribution in [3.8, 4) is 0 Å². The van der Waals surface area contributed by atoms with Crippen molar-refractivity contribution in [2.24, 2.45) is 0 Å². The largest absolute Gasteiger partial charge is 0.392 e. The van der Waals surface area contributed by atoms with Gasteiger partial charge >= 0.3 is 0 Å². The van der Waals surface area contributed by atoms with Crippen molar-refractivity contribution in [1.82, 2.24) is 0 Å². The van der Waals surface area contributed by atoms with E-state index in [2.05, 4.69) is 0 Å². The van der Waals surface area contributed by atoms with Crippen LogP contribution >= 0.6 is 11.6 Å². The molecule has 1 aromatic carbocycles. The van der Waals surface area contributed by atoms with Gasteiger partial charge in [-0.2, -0.15) is 0 Å². The number of hydrogen-bond donors (Lipinski definition) is 1. The third-order valence-electron chi connectivity index (χ3n) is 2.00. The van der Waals surface area contributed by atoms with Crippen molar-refractivity contribution < 1.29 is 13.5 Å². The van der Waals surface area contributed by atoms with E-state index >= 15 is 0 Å². The van der Waals surface area contributed by atoms with Crippen LogP contribution in [0.2, 0.25) is 0 Å². The summed E-state index contributed by atoms with van der Waals surface area (Å²) in [5, 5.41) is 9.29. The van der Waals surface area contributed by atoms with Crippen LogP contribution in [0, 0.1) is 0 Å². The van der Waals surface area contributed by atoms with Crippen LogP contribution in [0.15, 0.2) is 29.2 Å². The second-order valence-corrected chi connectivity index (χ2v) is 5.75. The van der Waals surface area contributed by atoms with E-state index in [0.717, 1.165) is 11.8 Å². The number of benzene rings is 1. The molecular weight excluding hydrogens is 236 g/mol. The van der Waals surface area contributed by atoms with Crippen LogP contribution in [-0.4, -0.2) is 31.8 Å². The Bertz CT molecular complexity index is 411. The number of sulfone groups is 1. The summed E-state index contributed by atoms with van der Waals surface area (Å²) in [6, 6.07) is 6.44. The first-order valence-corrected chi connectivity index (χ1v) is 6.89. The molecule has 0 aliphatic carbocycles. The van der Waals surface area contributed by atoms with E-state index < -0.39 is 15.9 Å². The Morgan fingerprint density at radius 1 is 1.33 bits per heavy atom. The molecule has 1 atom stereocenters. The van der Waals surface area contributed by atoms with Crippen molar-refractivity contribution in [3.63, 3.8) is 0 Å². The first-order valence-electron chi connectivity index (χ1n) is 4.46. The predicted molar refractivity (Wildman–Crippen MR) is 60.0 cm³/mol. The smallest absolute Gasteiger partial charge is 0.175 e. The highest BCUT2D eigenvalue weighted by Gasteiger charge is 2.08. The summed E-state index contributed by atoms with van der Waals surface area (Å²) in [6.07, 6.45) is 1.01. The van der Waals surface area contributed by atoms with Crippen LogP contribution in [0.4, 0.5) is 0 Å². The predicted octanol–water partition coefficient (Wildman–Crippen LogP) is 1.23. The van der Waals surface area contributed by atoms with E-state index in [1.54, 1.807) is 12.1 Å². The second-order valence-electron chi connectivity index (χ2n) is 3.43. The molecule has 84 valence electrons. The van der Waals surface area contributed by atoms with E-state index in [1.165, 1.54) is 12.1 Å². The summed E-state index contributed by atoms with van der Waals surface area (Å²) in [5.41, 5.74) is 0.871. The fraction of sp³-hybridized carbons (Fsp3) is 0.400. The molecule has 0 spiro atoms. The lowest BCUT2D eigenvalue weighted by molar-refractivity contribution is 0.199. The van der Waals surface area contributed by atoms with Crippen LogP contribution < -0.4 is 0 Å². The lowest BCUT2D eigenvalue weighted by Gasteiger charge is -2.06. The van der Waals surface area contributed by atoms with Gasteiger partial charge in [0.1, 0.15) is 0 Å². The maximum absolute atomic E-state index is 11.2. The maximum Gasteiger partial charge on any atom is 0.175 e. The lowest BCUT2D eigenvalue weighted by Crippen LogP contribution is -2.11. The molecule has 5 heteroatoms. The zero-order valence-electron chi connectivity index (χ0n) is 8.35. The number of halogens is 1. The maximum atomic E-state index is 11.2. The van der Waals surface area contributed by atoms with Crippen molar-refractivity contribution in [2.45, 2.75) is 17.4 Å². The fourth-order valence-corrected chi connectivity index (χ4v) is 1.94. The molecule has 15 heavy (non-hydrogen) atoms. The topological polar surface area (TPSA) is 54.4 Å². The van der Waals surface area contributed by atoms with Crippen molar-refractivity contribution in [3.05, 3.63) is 29.8 Å². The van der Waals surface area contributed by atoms with Crippen LogP contribution in [-0.2, 0) is 16.3 Å². The quantitative estimate of drug-likeness (QED) is 0.816. The van der Waals surface area contributed by atoms with Gasteiger partial charge in [0.15, 0.2) is 9.84 Å². The third-order valence-corrected chi connectivity index (χ3v) is 3.49. The Labute approximate surface area is 94.6 Å². The third kappa shape index (κ3) is 3.81. The summed E-state index contributed by atoms with van der Waals surface area (Å²) in [6.45, 7) is 0. The molecule has 0 fully saturated rings. The van der Waals surface area contributed by atoms with Gasteiger partial charge in [-0.25, -0.2) is 8.42 Å². The summed E-state index contributed by atoms with van der Waals surface area (Å²) in [7, 11) is -3.14. The van der Waals surface area contributed by atoms with Gasteiger partial charge in [0.25, 0.3) is 0 Å². The van der Waals surface area contributed by atoms with E-state index in [0.29, 0.717) is 6.42 Å². The van der Waals surface area contributed by atoms with E-state index in [-0.39, 0.29) is 10.8 Å². The molecule has 0 saturated heterocycles. The van der Waals surface area contributed by atoms with E-state index in [1.807, 2.05) is 0 Å². The van der Waals surface area contributed by atoms with Gasteiger partial charge in [0, 0.05) is 12.1 Å². The molecule has 0 aliphatic rings. The van der Waals surface area contributed by atoms with Gasteiger partial charge in [-0.3, -0.25) is 0 Å². The Balaban J connectivity index is 2.82. The van der Waals surface area contributed by atoms with E-state index in [9.17, 15) is 13.5 Å². The number of hydrogen-bond acceptors (Lipinski definition) is 3. The van der Waals surface area contributed by atoms with Crippen LogP contribution in [0.25, 0.3) is 0 Å². The number of rotatable bonds is 4. The zero-order valence-corrected chi connectivity index (χ0v) is 9.92. The van der Waals surface area contributed by atoms with Crippen molar-refractivity contribution >= 4 is 21.4 Å². The number of aliphatic hydroxyl groups excluding tert-OH is 1. The van der Waals surface area contributed by atoms with Gasteiger partial charge in [-0.15, -0.1) is 11.6 Å². The minimum absolute atomic E-state index is 0.174. The molecule has 0 aliphatic heterocycles. The van der Waals surface area contributed by atoms with Gasteiger partial charge < -0.3 is 5.11 Å². The SMILES string of the molecule is CS(=O)(=O)c1ccc(CC(O)CCl)cc1. The van der Waals surface area contributed by atoms with Crippen molar-refractivity contribution in [1.29, 1.82) is 0 Å². The molecule has 1 N–H and O–H groups in total. The molecule has 0 aromatic heterocycles. The minimum Gasteiger partial charge on any atom is -0.392 e. The highest BCUT2D eigenvalue weighted by Crippen LogP contribution is 2.11.